The zero-order valence-electron chi connectivity index (χ0n) is 15.5. The number of hydrogen-bond donors (Lipinski definition) is 2. The summed E-state index contributed by atoms with van der Waals surface area (Å²) in [5.41, 5.74) is 3.14. The maximum atomic E-state index is 13.6. The second kappa shape index (κ2) is 10.9. The SMILES string of the molecule is CN=C(NCCc1ccccc1F)NCc1ccc(N2CC=CC2)cc1.I. The van der Waals surface area contributed by atoms with Gasteiger partial charge in [0, 0.05) is 38.9 Å². The summed E-state index contributed by atoms with van der Waals surface area (Å²) in [6, 6.07) is 15.4. The van der Waals surface area contributed by atoms with E-state index in [0.29, 0.717) is 31.0 Å². The molecule has 0 saturated carbocycles. The van der Waals surface area contributed by atoms with Crippen molar-refractivity contribution in [3.63, 3.8) is 0 Å². The van der Waals surface area contributed by atoms with E-state index in [9.17, 15) is 4.39 Å². The van der Waals surface area contributed by atoms with Gasteiger partial charge in [-0.15, -0.1) is 24.0 Å². The average Bonchev–Trinajstić information content (AvgIpc) is 3.21. The number of rotatable bonds is 6. The van der Waals surface area contributed by atoms with Crippen LogP contribution in [0.3, 0.4) is 0 Å². The molecular formula is C21H26FIN4. The Hall–Kier alpha value is -2.09. The zero-order chi connectivity index (χ0) is 18.2. The van der Waals surface area contributed by atoms with Crippen molar-refractivity contribution < 1.29 is 4.39 Å². The summed E-state index contributed by atoms with van der Waals surface area (Å²) >= 11 is 0. The van der Waals surface area contributed by atoms with Crippen molar-refractivity contribution in [2.45, 2.75) is 13.0 Å². The van der Waals surface area contributed by atoms with Crippen molar-refractivity contribution in [1.82, 2.24) is 10.6 Å². The molecule has 0 spiro atoms. The van der Waals surface area contributed by atoms with Crippen LogP contribution in [0.2, 0.25) is 0 Å². The number of hydrogen-bond acceptors (Lipinski definition) is 2. The first-order valence-electron chi connectivity index (χ1n) is 8.93. The van der Waals surface area contributed by atoms with E-state index in [-0.39, 0.29) is 29.8 Å². The molecule has 0 atom stereocenters. The van der Waals surface area contributed by atoms with Crippen molar-refractivity contribution >= 4 is 35.6 Å². The third-order valence-corrected chi connectivity index (χ3v) is 4.45. The predicted octanol–water partition coefficient (Wildman–Crippen LogP) is 3.73. The minimum Gasteiger partial charge on any atom is -0.364 e. The van der Waals surface area contributed by atoms with Gasteiger partial charge in [-0.25, -0.2) is 4.39 Å². The summed E-state index contributed by atoms with van der Waals surface area (Å²) in [7, 11) is 1.74. The number of nitrogens with zero attached hydrogens (tertiary/aromatic N) is 2. The second-order valence-corrected chi connectivity index (χ2v) is 6.24. The summed E-state index contributed by atoms with van der Waals surface area (Å²) in [5.74, 6) is 0.555. The molecule has 2 N–H and O–H groups in total. The minimum absolute atomic E-state index is 0. The number of anilines is 1. The van der Waals surface area contributed by atoms with Gasteiger partial charge >= 0.3 is 0 Å². The smallest absolute Gasteiger partial charge is 0.191 e. The highest BCUT2D eigenvalue weighted by atomic mass is 127. The molecule has 1 aliphatic rings. The van der Waals surface area contributed by atoms with Crippen LogP contribution in [0.1, 0.15) is 11.1 Å². The molecule has 0 saturated heterocycles. The molecule has 3 rings (SSSR count). The molecule has 0 aliphatic carbocycles. The number of guanidine groups is 1. The molecule has 2 aromatic rings. The highest BCUT2D eigenvalue weighted by molar-refractivity contribution is 14.0. The summed E-state index contributed by atoms with van der Waals surface area (Å²) in [4.78, 5) is 6.54. The molecule has 6 heteroatoms. The topological polar surface area (TPSA) is 39.7 Å². The van der Waals surface area contributed by atoms with Crippen LogP contribution in [-0.2, 0) is 13.0 Å². The first-order valence-corrected chi connectivity index (χ1v) is 8.93. The maximum Gasteiger partial charge on any atom is 0.191 e. The molecule has 0 amide bonds. The lowest BCUT2D eigenvalue weighted by Crippen LogP contribution is -2.37. The Balaban J connectivity index is 0.00000261. The fourth-order valence-electron chi connectivity index (χ4n) is 2.94. The molecule has 27 heavy (non-hydrogen) atoms. The lowest BCUT2D eigenvalue weighted by molar-refractivity contribution is 0.606. The van der Waals surface area contributed by atoms with E-state index in [1.807, 2.05) is 12.1 Å². The lowest BCUT2D eigenvalue weighted by atomic mass is 10.1. The summed E-state index contributed by atoms with van der Waals surface area (Å²) in [5, 5.41) is 6.52. The Bertz CT molecular complexity index is 766. The molecule has 0 bridgehead atoms. The molecule has 1 heterocycles. The van der Waals surface area contributed by atoms with Gasteiger partial charge in [0.25, 0.3) is 0 Å². The third-order valence-electron chi connectivity index (χ3n) is 4.45. The van der Waals surface area contributed by atoms with Crippen LogP contribution in [0, 0.1) is 5.82 Å². The van der Waals surface area contributed by atoms with E-state index < -0.39 is 0 Å². The van der Waals surface area contributed by atoms with E-state index in [0.717, 1.165) is 13.1 Å². The van der Waals surface area contributed by atoms with Crippen LogP contribution in [0.4, 0.5) is 10.1 Å². The molecule has 0 radical (unpaired) electrons. The van der Waals surface area contributed by atoms with Gasteiger partial charge in [0.2, 0.25) is 0 Å². The summed E-state index contributed by atoms with van der Waals surface area (Å²) in [6.07, 6.45) is 4.99. The van der Waals surface area contributed by atoms with Gasteiger partial charge in [-0.1, -0.05) is 42.5 Å². The van der Waals surface area contributed by atoms with Crippen LogP contribution >= 0.6 is 24.0 Å². The van der Waals surface area contributed by atoms with E-state index in [4.69, 9.17) is 0 Å². The number of benzene rings is 2. The number of halogens is 2. The maximum absolute atomic E-state index is 13.6. The van der Waals surface area contributed by atoms with Crippen LogP contribution in [-0.4, -0.2) is 32.6 Å². The van der Waals surface area contributed by atoms with Gasteiger partial charge in [0.05, 0.1) is 0 Å². The second-order valence-electron chi connectivity index (χ2n) is 6.24. The monoisotopic (exact) mass is 480 g/mol. The van der Waals surface area contributed by atoms with Crippen LogP contribution in [0.25, 0.3) is 0 Å². The van der Waals surface area contributed by atoms with Crippen molar-refractivity contribution in [2.24, 2.45) is 4.99 Å². The molecule has 144 valence electrons. The Morgan fingerprint density at radius 1 is 1.04 bits per heavy atom. The molecular weight excluding hydrogens is 454 g/mol. The van der Waals surface area contributed by atoms with Gasteiger partial charge in [-0.2, -0.15) is 0 Å². The van der Waals surface area contributed by atoms with E-state index in [1.54, 1.807) is 13.1 Å². The average molecular weight is 480 g/mol. The van der Waals surface area contributed by atoms with Gasteiger partial charge in [-0.3, -0.25) is 4.99 Å². The fourth-order valence-corrected chi connectivity index (χ4v) is 2.94. The van der Waals surface area contributed by atoms with Crippen molar-refractivity contribution in [3.05, 3.63) is 77.6 Å². The van der Waals surface area contributed by atoms with Crippen molar-refractivity contribution in [3.8, 4) is 0 Å². The Morgan fingerprint density at radius 2 is 1.74 bits per heavy atom. The van der Waals surface area contributed by atoms with Crippen LogP contribution < -0.4 is 15.5 Å². The molecule has 2 aromatic carbocycles. The molecule has 0 aromatic heterocycles. The van der Waals surface area contributed by atoms with Crippen LogP contribution in [0.5, 0.6) is 0 Å². The Labute approximate surface area is 177 Å². The quantitative estimate of drug-likeness (QED) is 0.287. The molecule has 0 unspecified atom stereocenters. The number of nitrogens with one attached hydrogen (secondary N) is 2. The first kappa shape index (κ1) is 21.2. The molecule has 1 aliphatic heterocycles. The predicted molar refractivity (Wildman–Crippen MR) is 122 cm³/mol. The fraction of sp³-hybridized carbons (Fsp3) is 0.286. The molecule has 0 fully saturated rings. The highest BCUT2D eigenvalue weighted by Gasteiger charge is 2.07. The Kier molecular flexibility index (Phi) is 8.57. The zero-order valence-corrected chi connectivity index (χ0v) is 17.8. The Morgan fingerprint density at radius 3 is 2.41 bits per heavy atom. The van der Waals surface area contributed by atoms with E-state index >= 15 is 0 Å². The van der Waals surface area contributed by atoms with Gasteiger partial charge in [0.15, 0.2) is 5.96 Å². The normalized spacial score (nSPS) is 13.4. The van der Waals surface area contributed by atoms with E-state index in [2.05, 4.69) is 56.9 Å². The third kappa shape index (κ3) is 6.23. The first-order chi connectivity index (χ1) is 12.8. The van der Waals surface area contributed by atoms with Crippen molar-refractivity contribution in [2.75, 3.05) is 31.6 Å². The van der Waals surface area contributed by atoms with Gasteiger partial charge in [-0.05, 0) is 35.7 Å². The van der Waals surface area contributed by atoms with Crippen LogP contribution in [0.15, 0.2) is 65.7 Å². The van der Waals surface area contributed by atoms with Gasteiger partial charge < -0.3 is 15.5 Å². The standard InChI is InChI=1S/C21H25FN4.HI/c1-23-21(24-13-12-18-6-2-3-7-20(18)22)25-16-17-8-10-19(11-9-17)26-14-4-5-15-26;/h2-11H,12-16H2,1H3,(H2,23,24,25);1H. The minimum atomic E-state index is -0.162. The van der Waals surface area contributed by atoms with Crippen molar-refractivity contribution in [1.29, 1.82) is 0 Å². The lowest BCUT2D eigenvalue weighted by Gasteiger charge is -2.18. The highest BCUT2D eigenvalue weighted by Crippen LogP contribution is 2.17. The largest absolute Gasteiger partial charge is 0.364 e. The summed E-state index contributed by atoms with van der Waals surface area (Å²) < 4.78 is 13.6. The van der Waals surface area contributed by atoms with Gasteiger partial charge in [0.1, 0.15) is 5.82 Å². The number of aliphatic imine (C=N–C) groups is 1. The summed E-state index contributed by atoms with van der Waals surface area (Å²) in [6.45, 7) is 3.28. The molecule has 4 nitrogen and oxygen atoms in total. The van der Waals surface area contributed by atoms with E-state index in [1.165, 1.54) is 17.3 Å².